The standard InChI is InChI=1S/C19H26FN3O3S/c1-14(2)26-17-5-4-15(20)12-16(17)22-10-8-21(9-11-22)6-3-7-23-18(24)13-27-19(23)25/h4-5,12,14H,3,6-11,13H2,1-2H3. The van der Waals surface area contributed by atoms with E-state index in [1.807, 2.05) is 13.8 Å². The van der Waals surface area contributed by atoms with Gasteiger partial charge in [0.1, 0.15) is 11.6 Å². The van der Waals surface area contributed by atoms with E-state index in [2.05, 4.69) is 9.80 Å². The predicted molar refractivity (Wildman–Crippen MR) is 105 cm³/mol. The number of ether oxygens (including phenoxy) is 1. The van der Waals surface area contributed by atoms with E-state index < -0.39 is 0 Å². The van der Waals surface area contributed by atoms with Crippen LogP contribution in [-0.2, 0) is 4.79 Å². The number of rotatable bonds is 7. The van der Waals surface area contributed by atoms with Gasteiger partial charge in [-0.05, 0) is 38.9 Å². The van der Waals surface area contributed by atoms with Crippen LogP contribution in [0.5, 0.6) is 5.75 Å². The molecule has 2 aliphatic rings. The van der Waals surface area contributed by atoms with Gasteiger partial charge in [0.25, 0.3) is 5.24 Å². The molecule has 0 aromatic heterocycles. The number of benzene rings is 1. The first kappa shape index (κ1) is 19.9. The Balaban J connectivity index is 1.50. The zero-order chi connectivity index (χ0) is 19.4. The Morgan fingerprint density at radius 3 is 2.52 bits per heavy atom. The summed E-state index contributed by atoms with van der Waals surface area (Å²) in [5.74, 6) is 0.634. The van der Waals surface area contributed by atoms with Crippen LogP contribution < -0.4 is 9.64 Å². The Morgan fingerprint density at radius 1 is 1.15 bits per heavy atom. The van der Waals surface area contributed by atoms with Crippen molar-refractivity contribution in [2.24, 2.45) is 0 Å². The first-order valence-electron chi connectivity index (χ1n) is 9.34. The molecule has 2 fully saturated rings. The van der Waals surface area contributed by atoms with Crippen LogP contribution in [0.25, 0.3) is 0 Å². The lowest BCUT2D eigenvalue weighted by molar-refractivity contribution is -0.124. The molecule has 0 bridgehead atoms. The van der Waals surface area contributed by atoms with Gasteiger partial charge in [-0.1, -0.05) is 11.8 Å². The number of thioether (sulfide) groups is 1. The van der Waals surface area contributed by atoms with E-state index in [-0.39, 0.29) is 28.8 Å². The second-order valence-corrected chi connectivity index (χ2v) is 7.99. The number of hydrogen-bond donors (Lipinski definition) is 0. The van der Waals surface area contributed by atoms with Crippen LogP contribution in [0.4, 0.5) is 14.9 Å². The predicted octanol–water partition coefficient (Wildman–Crippen LogP) is 2.82. The van der Waals surface area contributed by atoms with E-state index in [1.54, 1.807) is 6.07 Å². The maximum absolute atomic E-state index is 13.7. The number of hydrogen-bond acceptors (Lipinski definition) is 6. The molecular formula is C19H26FN3O3S. The third-order valence-electron chi connectivity index (χ3n) is 4.69. The monoisotopic (exact) mass is 395 g/mol. The van der Waals surface area contributed by atoms with Gasteiger partial charge in [-0.25, -0.2) is 4.39 Å². The van der Waals surface area contributed by atoms with Crippen LogP contribution in [0.3, 0.4) is 0 Å². The molecule has 2 amide bonds. The second kappa shape index (κ2) is 8.93. The summed E-state index contributed by atoms with van der Waals surface area (Å²) >= 11 is 1.08. The van der Waals surface area contributed by atoms with Crippen molar-refractivity contribution in [3.63, 3.8) is 0 Å². The summed E-state index contributed by atoms with van der Waals surface area (Å²) in [6.07, 6.45) is 0.810. The molecule has 1 aromatic rings. The van der Waals surface area contributed by atoms with Crippen molar-refractivity contribution in [3.8, 4) is 5.75 Å². The highest BCUT2D eigenvalue weighted by Crippen LogP contribution is 2.31. The van der Waals surface area contributed by atoms with Gasteiger partial charge >= 0.3 is 0 Å². The summed E-state index contributed by atoms with van der Waals surface area (Å²) < 4.78 is 19.6. The molecule has 0 aliphatic carbocycles. The van der Waals surface area contributed by atoms with Crippen molar-refractivity contribution in [1.82, 2.24) is 9.80 Å². The average molecular weight is 396 g/mol. The molecule has 6 nitrogen and oxygen atoms in total. The zero-order valence-electron chi connectivity index (χ0n) is 15.8. The molecular weight excluding hydrogens is 369 g/mol. The molecule has 0 unspecified atom stereocenters. The number of carbonyl (C=O) groups excluding carboxylic acids is 2. The van der Waals surface area contributed by atoms with Crippen LogP contribution in [0.1, 0.15) is 20.3 Å². The lowest BCUT2D eigenvalue weighted by atomic mass is 10.2. The highest BCUT2D eigenvalue weighted by molar-refractivity contribution is 8.14. The number of nitrogens with zero attached hydrogens (tertiary/aromatic N) is 3. The number of anilines is 1. The molecule has 0 radical (unpaired) electrons. The fourth-order valence-corrected chi connectivity index (χ4v) is 4.10. The largest absolute Gasteiger partial charge is 0.489 e. The number of carbonyl (C=O) groups is 2. The highest BCUT2D eigenvalue weighted by Gasteiger charge is 2.29. The van der Waals surface area contributed by atoms with Gasteiger partial charge in [0, 0.05) is 38.8 Å². The number of amides is 2. The Morgan fingerprint density at radius 2 is 1.89 bits per heavy atom. The maximum atomic E-state index is 13.7. The summed E-state index contributed by atoms with van der Waals surface area (Å²) in [7, 11) is 0. The third kappa shape index (κ3) is 5.13. The van der Waals surface area contributed by atoms with Gasteiger partial charge in [0.2, 0.25) is 5.91 Å². The molecule has 0 spiro atoms. The first-order chi connectivity index (χ1) is 12.9. The van der Waals surface area contributed by atoms with Crippen molar-refractivity contribution in [1.29, 1.82) is 0 Å². The molecule has 0 atom stereocenters. The third-order valence-corrected chi connectivity index (χ3v) is 5.55. The van der Waals surface area contributed by atoms with Crippen LogP contribution in [0, 0.1) is 5.82 Å². The lowest BCUT2D eigenvalue weighted by Crippen LogP contribution is -2.47. The first-order valence-corrected chi connectivity index (χ1v) is 10.3. The number of halogens is 1. The van der Waals surface area contributed by atoms with E-state index in [0.29, 0.717) is 12.3 Å². The van der Waals surface area contributed by atoms with Crippen molar-refractivity contribution < 1.29 is 18.7 Å². The minimum atomic E-state index is -0.263. The highest BCUT2D eigenvalue weighted by atomic mass is 32.2. The van der Waals surface area contributed by atoms with E-state index in [0.717, 1.165) is 56.6 Å². The molecule has 2 heterocycles. The van der Waals surface area contributed by atoms with Crippen molar-refractivity contribution in [2.45, 2.75) is 26.4 Å². The van der Waals surface area contributed by atoms with Gasteiger partial charge in [0.15, 0.2) is 0 Å². The summed E-state index contributed by atoms with van der Waals surface area (Å²) in [5, 5.41) is -0.131. The molecule has 0 saturated carbocycles. The van der Waals surface area contributed by atoms with Gasteiger partial charge in [-0.15, -0.1) is 0 Å². The van der Waals surface area contributed by atoms with Crippen LogP contribution in [0.2, 0.25) is 0 Å². The van der Waals surface area contributed by atoms with E-state index in [4.69, 9.17) is 4.74 Å². The fraction of sp³-hybridized carbons (Fsp3) is 0.579. The Kier molecular flexibility index (Phi) is 6.59. The fourth-order valence-electron chi connectivity index (χ4n) is 3.35. The lowest BCUT2D eigenvalue weighted by Gasteiger charge is -2.37. The summed E-state index contributed by atoms with van der Waals surface area (Å²) in [6.45, 7) is 8.53. The Bertz CT molecular complexity index is 677. The second-order valence-electron chi connectivity index (χ2n) is 7.06. The average Bonchev–Trinajstić information content (AvgIpc) is 2.95. The molecule has 27 heavy (non-hydrogen) atoms. The summed E-state index contributed by atoms with van der Waals surface area (Å²) in [6, 6.07) is 4.66. The molecule has 2 saturated heterocycles. The van der Waals surface area contributed by atoms with Crippen LogP contribution >= 0.6 is 11.8 Å². The van der Waals surface area contributed by atoms with E-state index >= 15 is 0 Å². The summed E-state index contributed by atoms with van der Waals surface area (Å²) in [4.78, 5) is 29.1. The van der Waals surface area contributed by atoms with Gasteiger partial charge in [-0.3, -0.25) is 19.4 Å². The van der Waals surface area contributed by atoms with Crippen LogP contribution in [0.15, 0.2) is 18.2 Å². The van der Waals surface area contributed by atoms with Crippen LogP contribution in [-0.4, -0.2) is 72.1 Å². The van der Waals surface area contributed by atoms with Crippen molar-refractivity contribution in [2.75, 3.05) is 49.9 Å². The summed E-state index contributed by atoms with van der Waals surface area (Å²) in [5.41, 5.74) is 0.800. The van der Waals surface area contributed by atoms with Gasteiger partial charge < -0.3 is 9.64 Å². The van der Waals surface area contributed by atoms with E-state index in [9.17, 15) is 14.0 Å². The molecule has 148 valence electrons. The molecule has 3 rings (SSSR count). The normalized spacial score (nSPS) is 18.7. The Hall–Kier alpha value is -1.80. The maximum Gasteiger partial charge on any atom is 0.288 e. The SMILES string of the molecule is CC(C)Oc1ccc(F)cc1N1CCN(CCCN2C(=O)CSC2=O)CC1. The van der Waals surface area contributed by atoms with E-state index in [1.165, 1.54) is 17.0 Å². The molecule has 8 heteroatoms. The number of imide groups is 1. The van der Waals surface area contributed by atoms with Crippen molar-refractivity contribution >= 4 is 28.6 Å². The molecule has 0 N–H and O–H groups in total. The minimum Gasteiger partial charge on any atom is -0.489 e. The van der Waals surface area contributed by atoms with Gasteiger partial charge in [0.05, 0.1) is 17.5 Å². The van der Waals surface area contributed by atoms with Gasteiger partial charge in [-0.2, -0.15) is 0 Å². The smallest absolute Gasteiger partial charge is 0.288 e. The quantitative estimate of drug-likeness (QED) is 0.708. The minimum absolute atomic E-state index is 0.0321. The molecule has 1 aromatic carbocycles. The Labute approximate surface area is 163 Å². The van der Waals surface area contributed by atoms with Crippen molar-refractivity contribution in [3.05, 3.63) is 24.0 Å². The number of piperazine rings is 1. The molecule has 2 aliphatic heterocycles. The topological polar surface area (TPSA) is 53.1 Å². The zero-order valence-corrected chi connectivity index (χ0v) is 16.6.